The second kappa shape index (κ2) is 8.20. The fourth-order valence-electron chi connectivity index (χ4n) is 2.97. The third kappa shape index (κ3) is 4.45. The first-order valence-corrected chi connectivity index (χ1v) is 9.00. The first-order chi connectivity index (χ1) is 13.0. The van der Waals surface area contributed by atoms with E-state index in [0.29, 0.717) is 6.54 Å². The number of para-hydroxylation sites is 1. The Morgan fingerprint density at radius 2 is 1.89 bits per heavy atom. The maximum atomic E-state index is 5.50. The molecule has 0 fully saturated rings. The molecule has 0 atom stereocenters. The second-order valence-electron chi connectivity index (χ2n) is 7.04. The van der Waals surface area contributed by atoms with E-state index < -0.39 is 0 Å². The molecule has 6 nitrogen and oxygen atoms in total. The first kappa shape index (κ1) is 18.9. The van der Waals surface area contributed by atoms with Crippen LogP contribution in [0.2, 0.25) is 0 Å². The maximum Gasteiger partial charge on any atom is 0.231 e. The summed E-state index contributed by atoms with van der Waals surface area (Å²) in [5.74, 6) is 3.21. The molecule has 0 amide bonds. The summed E-state index contributed by atoms with van der Waals surface area (Å²) in [7, 11) is 3.45. The minimum absolute atomic E-state index is 0.108. The zero-order valence-electron chi connectivity index (χ0n) is 16.3. The number of hydrogen-bond donors (Lipinski definition) is 2. The molecule has 0 saturated carbocycles. The van der Waals surface area contributed by atoms with E-state index in [0.717, 1.165) is 35.3 Å². The number of rotatable bonds is 6. The van der Waals surface area contributed by atoms with Gasteiger partial charge in [0.15, 0.2) is 17.5 Å². The number of fused-ring (bicyclic) bond motifs is 1. The van der Waals surface area contributed by atoms with Crippen molar-refractivity contribution in [2.24, 2.45) is 4.99 Å². The van der Waals surface area contributed by atoms with Crippen LogP contribution in [0.25, 0.3) is 0 Å². The van der Waals surface area contributed by atoms with Gasteiger partial charge >= 0.3 is 0 Å². The SMILES string of the molecule is CN=C(NCc1ccccc1OC)NCC(C)(C)c1ccc2c(c1)OCO2. The molecule has 0 aromatic heterocycles. The largest absolute Gasteiger partial charge is 0.496 e. The Kier molecular flexibility index (Phi) is 5.74. The fourth-order valence-corrected chi connectivity index (χ4v) is 2.97. The number of ether oxygens (including phenoxy) is 3. The molecule has 2 aromatic carbocycles. The third-order valence-corrected chi connectivity index (χ3v) is 4.71. The fraction of sp³-hybridized carbons (Fsp3) is 0.381. The van der Waals surface area contributed by atoms with Crippen molar-refractivity contribution in [2.75, 3.05) is 27.5 Å². The highest BCUT2D eigenvalue weighted by Crippen LogP contribution is 2.36. The van der Waals surface area contributed by atoms with E-state index in [1.807, 2.05) is 30.3 Å². The second-order valence-corrected chi connectivity index (χ2v) is 7.04. The average molecular weight is 369 g/mol. The van der Waals surface area contributed by atoms with Crippen molar-refractivity contribution in [3.8, 4) is 17.2 Å². The standard InChI is InChI=1S/C21H27N3O3/c1-21(2,16-9-10-18-19(11-16)27-14-26-18)13-24-20(22-3)23-12-15-7-5-6-8-17(15)25-4/h5-11H,12-14H2,1-4H3,(H2,22,23,24). The van der Waals surface area contributed by atoms with Crippen LogP contribution in [0, 0.1) is 0 Å². The molecule has 0 unspecified atom stereocenters. The summed E-state index contributed by atoms with van der Waals surface area (Å²) in [4.78, 5) is 4.32. The van der Waals surface area contributed by atoms with E-state index in [1.165, 1.54) is 5.56 Å². The summed E-state index contributed by atoms with van der Waals surface area (Å²) in [5.41, 5.74) is 2.15. The zero-order valence-corrected chi connectivity index (χ0v) is 16.3. The Bertz CT molecular complexity index is 818. The van der Waals surface area contributed by atoms with Gasteiger partial charge in [-0.1, -0.05) is 38.1 Å². The molecular weight excluding hydrogens is 342 g/mol. The summed E-state index contributed by atoms with van der Waals surface area (Å²) in [6.45, 7) is 6.01. The van der Waals surface area contributed by atoms with Gasteiger partial charge in [-0.25, -0.2) is 0 Å². The van der Waals surface area contributed by atoms with Gasteiger partial charge in [0.25, 0.3) is 0 Å². The Hall–Kier alpha value is -2.89. The molecule has 0 aliphatic carbocycles. The lowest BCUT2D eigenvalue weighted by Crippen LogP contribution is -2.43. The summed E-state index contributed by atoms with van der Waals surface area (Å²) in [5, 5.41) is 6.75. The minimum Gasteiger partial charge on any atom is -0.496 e. The first-order valence-electron chi connectivity index (χ1n) is 9.00. The lowest BCUT2D eigenvalue weighted by molar-refractivity contribution is 0.174. The van der Waals surface area contributed by atoms with Crippen molar-refractivity contribution in [1.82, 2.24) is 10.6 Å². The van der Waals surface area contributed by atoms with Crippen LogP contribution in [0.15, 0.2) is 47.5 Å². The van der Waals surface area contributed by atoms with Crippen LogP contribution >= 0.6 is 0 Å². The molecule has 0 radical (unpaired) electrons. The normalized spacial score (nSPS) is 13.4. The van der Waals surface area contributed by atoms with Crippen molar-refractivity contribution in [3.63, 3.8) is 0 Å². The minimum atomic E-state index is -0.108. The van der Waals surface area contributed by atoms with Crippen molar-refractivity contribution in [2.45, 2.75) is 25.8 Å². The van der Waals surface area contributed by atoms with Gasteiger partial charge in [-0.3, -0.25) is 4.99 Å². The maximum absolute atomic E-state index is 5.50. The number of aliphatic imine (C=N–C) groups is 1. The molecule has 0 bridgehead atoms. The molecule has 2 N–H and O–H groups in total. The Balaban J connectivity index is 1.60. The van der Waals surface area contributed by atoms with Crippen LogP contribution in [0.5, 0.6) is 17.2 Å². The molecular formula is C21H27N3O3. The smallest absolute Gasteiger partial charge is 0.231 e. The van der Waals surface area contributed by atoms with E-state index in [2.05, 4.69) is 41.6 Å². The molecule has 144 valence electrons. The number of benzene rings is 2. The van der Waals surface area contributed by atoms with Crippen LogP contribution in [0.4, 0.5) is 0 Å². The van der Waals surface area contributed by atoms with Crippen LogP contribution in [-0.4, -0.2) is 33.5 Å². The summed E-state index contributed by atoms with van der Waals surface area (Å²) in [6, 6.07) is 14.1. The number of nitrogens with zero attached hydrogens (tertiary/aromatic N) is 1. The molecule has 0 saturated heterocycles. The highest BCUT2D eigenvalue weighted by atomic mass is 16.7. The van der Waals surface area contributed by atoms with E-state index in [1.54, 1.807) is 14.2 Å². The topological polar surface area (TPSA) is 64.1 Å². The van der Waals surface area contributed by atoms with Gasteiger partial charge in [0.05, 0.1) is 7.11 Å². The Labute approximate surface area is 160 Å². The zero-order chi connectivity index (χ0) is 19.3. The van der Waals surface area contributed by atoms with Gasteiger partial charge in [0.1, 0.15) is 5.75 Å². The van der Waals surface area contributed by atoms with Gasteiger partial charge in [0, 0.05) is 31.1 Å². The summed E-state index contributed by atoms with van der Waals surface area (Å²) >= 11 is 0. The predicted octanol–water partition coefficient (Wildman–Crippen LogP) is 3.07. The van der Waals surface area contributed by atoms with Crippen molar-refractivity contribution in [1.29, 1.82) is 0 Å². The van der Waals surface area contributed by atoms with Crippen LogP contribution in [-0.2, 0) is 12.0 Å². The highest BCUT2D eigenvalue weighted by molar-refractivity contribution is 5.79. The van der Waals surface area contributed by atoms with E-state index in [-0.39, 0.29) is 12.2 Å². The van der Waals surface area contributed by atoms with Crippen molar-refractivity contribution < 1.29 is 14.2 Å². The van der Waals surface area contributed by atoms with E-state index in [9.17, 15) is 0 Å². The van der Waals surface area contributed by atoms with Crippen LogP contribution < -0.4 is 24.8 Å². The molecule has 0 spiro atoms. The molecule has 27 heavy (non-hydrogen) atoms. The molecule has 2 aromatic rings. The van der Waals surface area contributed by atoms with Gasteiger partial charge in [-0.2, -0.15) is 0 Å². The van der Waals surface area contributed by atoms with Gasteiger partial charge in [-0.15, -0.1) is 0 Å². The average Bonchev–Trinajstić information content (AvgIpc) is 3.16. The lowest BCUT2D eigenvalue weighted by Gasteiger charge is -2.27. The number of methoxy groups -OCH3 is 1. The Morgan fingerprint density at radius 1 is 1.11 bits per heavy atom. The molecule has 1 aliphatic rings. The Morgan fingerprint density at radius 3 is 2.67 bits per heavy atom. The molecule has 1 aliphatic heterocycles. The quantitative estimate of drug-likeness (QED) is 0.605. The van der Waals surface area contributed by atoms with Crippen LogP contribution in [0.3, 0.4) is 0 Å². The monoisotopic (exact) mass is 369 g/mol. The number of nitrogens with one attached hydrogen (secondary N) is 2. The summed E-state index contributed by atoms with van der Waals surface area (Å²) < 4.78 is 16.3. The third-order valence-electron chi connectivity index (χ3n) is 4.71. The highest BCUT2D eigenvalue weighted by Gasteiger charge is 2.24. The predicted molar refractivity (Wildman–Crippen MR) is 107 cm³/mol. The van der Waals surface area contributed by atoms with Gasteiger partial charge < -0.3 is 24.8 Å². The van der Waals surface area contributed by atoms with E-state index >= 15 is 0 Å². The number of guanidine groups is 1. The van der Waals surface area contributed by atoms with E-state index in [4.69, 9.17) is 14.2 Å². The molecule has 6 heteroatoms. The van der Waals surface area contributed by atoms with Gasteiger partial charge in [-0.05, 0) is 23.8 Å². The molecule has 3 rings (SSSR count). The van der Waals surface area contributed by atoms with Crippen LogP contribution in [0.1, 0.15) is 25.0 Å². The number of hydrogen-bond acceptors (Lipinski definition) is 4. The van der Waals surface area contributed by atoms with Crippen molar-refractivity contribution >= 4 is 5.96 Å². The van der Waals surface area contributed by atoms with Crippen molar-refractivity contribution in [3.05, 3.63) is 53.6 Å². The summed E-state index contributed by atoms with van der Waals surface area (Å²) in [6.07, 6.45) is 0. The lowest BCUT2D eigenvalue weighted by atomic mass is 9.84. The van der Waals surface area contributed by atoms with Gasteiger partial charge in [0.2, 0.25) is 6.79 Å². The molecule has 1 heterocycles.